The molecule has 2 unspecified atom stereocenters. The van der Waals surface area contributed by atoms with E-state index in [1.165, 1.54) is 31.4 Å². The van der Waals surface area contributed by atoms with Crippen LogP contribution < -0.4 is 5.32 Å². The van der Waals surface area contributed by atoms with Gasteiger partial charge < -0.3 is 9.88 Å². The lowest BCUT2D eigenvalue weighted by atomic mass is 9.86. The molecular weight excluding hydrogens is 196 g/mol. The van der Waals surface area contributed by atoms with Crippen molar-refractivity contribution in [1.82, 2.24) is 9.88 Å². The molecule has 2 heteroatoms. The van der Waals surface area contributed by atoms with E-state index in [9.17, 15) is 0 Å². The van der Waals surface area contributed by atoms with Crippen molar-refractivity contribution in [2.75, 3.05) is 0 Å². The van der Waals surface area contributed by atoms with Gasteiger partial charge in [0.25, 0.3) is 0 Å². The number of hydrogen-bond donors (Lipinski definition) is 1. The molecular formula is C14H24N2. The van der Waals surface area contributed by atoms with E-state index < -0.39 is 0 Å². The van der Waals surface area contributed by atoms with E-state index in [0.29, 0.717) is 0 Å². The van der Waals surface area contributed by atoms with E-state index in [0.717, 1.165) is 25.0 Å². The normalized spacial score (nSPS) is 25.9. The molecule has 1 heterocycles. The van der Waals surface area contributed by atoms with E-state index >= 15 is 0 Å². The van der Waals surface area contributed by atoms with Gasteiger partial charge in [-0.05, 0) is 37.8 Å². The first-order chi connectivity index (χ1) is 7.81. The monoisotopic (exact) mass is 220 g/mol. The highest BCUT2D eigenvalue weighted by Crippen LogP contribution is 2.23. The van der Waals surface area contributed by atoms with Gasteiger partial charge in [0.15, 0.2) is 0 Å². The zero-order chi connectivity index (χ0) is 11.4. The molecule has 2 atom stereocenters. The second-order valence-electron chi connectivity index (χ2n) is 5.03. The summed E-state index contributed by atoms with van der Waals surface area (Å²) in [5.74, 6) is 0.846. The van der Waals surface area contributed by atoms with E-state index in [4.69, 9.17) is 0 Å². The molecule has 1 saturated carbocycles. The lowest BCUT2D eigenvalue weighted by Crippen LogP contribution is -2.37. The van der Waals surface area contributed by atoms with Gasteiger partial charge in [0.2, 0.25) is 0 Å². The number of nitrogens with one attached hydrogen (secondary N) is 1. The van der Waals surface area contributed by atoms with Gasteiger partial charge in [0.1, 0.15) is 0 Å². The van der Waals surface area contributed by atoms with Crippen LogP contribution in [-0.2, 0) is 13.1 Å². The van der Waals surface area contributed by atoms with E-state index in [1.807, 2.05) is 0 Å². The lowest BCUT2D eigenvalue weighted by molar-refractivity contribution is 0.277. The second kappa shape index (κ2) is 5.53. The van der Waals surface area contributed by atoms with Crippen molar-refractivity contribution in [3.8, 4) is 0 Å². The van der Waals surface area contributed by atoms with Gasteiger partial charge in [-0.1, -0.05) is 19.8 Å². The van der Waals surface area contributed by atoms with Crippen LogP contribution in [0.3, 0.4) is 0 Å². The van der Waals surface area contributed by atoms with Gasteiger partial charge in [0, 0.05) is 31.0 Å². The molecule has 1 aromatic heterocycles. The summed E-state index contributed by atoms with van der Waals surface area (Å²) in [7, 11) is 0. The second-order valence-corrected chi connectivity index (χ2v) is 5.03. The van der Waals surface area contributed by atoms with Gasteiger partial charge in [0.05, 0.1) is 0 Å². The zero-order valence-electron chi connectivity index (χ0n) is 10.6. The first kappa shape index (κ1) is 11.7. The molecule has 90 valence electrons. The zero-order valence-corrected chi connectivity index (χ0v) is 10.6. The molecule has 0 aromatic carbocycles. The quantitative estimate of drug-likeness (QED) is 0.824. The molecule has 2 nitrogen and oxygen atoms in total. The highest BCUT2D eigenvalue weighted by molar-refractivity contribution is 5.07. The Kier molecular flexibility index (Phi) is 4.05. The summed E-state index contributed by atoms with van der Waals surface area (Å²) in [6, 6.07) is 5.10. The Morgan fingerprint density at radius 3 is 2.94 bits per heavy atom. The van der Waals surface area contributed by atoms with Crippen molar-refractivity contribution < 1.29 is 0 Å². The van der Waals surface area contributed by atoms with Crippen LogP contribution in [0.2, 0.25) is 0 Å². The maximum atomic E-state index is 3.73. The average Bonchev–Trinajstić information content (AvgIpc) is 2.75. The van der Waals surface area contributed by atoms with Crippen molar-refractivity contribution in [3.63, 3.8) is 0 Å². The number of aromatic nitrogens is 1. The standard InChI is InChI=1S/C14H24N2/c1-3-16-10-6-8-13(16)11-15-14-9-5-4-7-12(14)2/h6,8,10,12,14-15H,3-5,7,9,11H2,1-2H3. The largest absolute Gasteiger partial charge is 0.351 e. The third-order valence-electron chi connectivity index (χ3n) is 3.92. The van der Waals surface area contributed by atoms with Crippen molar-refractivity contribution >= 4 is 0 Å². The van der Waals surface area contributed by atoms with E-state index in [1.54, 1.807) is 0 Å². The molecule has 2 rings (SSSR count). The third kappa shape index (κ3) is 2.67. The van der Waals surface area contributed by atoms with Crippen molar-refractivity contribution in [2.24, 2.45) is 5.92 Å². The summed E-state index contributed by atoms with van der Waals surface area (Å²) in [5, 5.41) is 3.73. The van der Waals surface area contributed by atoms with Crippen LogP contribution in [-0.4, -0.2) is 10.6 Å². The summed E-state index contributed by atoms with van der Waals surface area (Å²) >= 11 is 0. The molecule has 0 bridgehead atoms. The number of nitrogens with zero attached hydrogens (tertiary/aromatic N) is 1. The fourth-order valence-electron chi connectivity index (χ4n) is 2.77. The van der Waals surface area contributed by atoms with Crippen LogP contribution in [0.1, 0.15) is 45.2 Å². The summed E-state index contributed by atoms with van der Waals surface area (Å²) in [6.07, 6.45) is 7.74. The van der Waals surface area contributed by atoms with E-state index in [-0.39, 0.29) is 0 Å². The lowest BCUT2D eigenvalue weighted by Gasteiger charge is -2.29. The molecule has 0 spiro atoms. The van der Waals surface area contributed by atoms with Gasteiger partial charge in [-0.3, -0.25) is 0 Å². The molecule has 1 fully saturated rings. The van der Waals surface area contributed by atoms with Crippen molar-refractivity contribution in [3.05, 3.63) is 24.0 Å². The topological polar surface area (TPSA) is 17.0 Å². The molecule has 16 heavy (non-hydrogen) atoms. The average molecular weight is 220 g/mol. The summed E-state index contributed by atoms with van der Waals surface area (Å²) < 4.78 is 2.32. The third-order valence-corrected chi connectivity index (χ3v) is 3.92. The molecule has 1 aliphatic rings. The Bertz CT molecular complexity index is 316. The maximum Gasteiger partial charge on any atom is 0.0361 e. The Morgan fingerprint density at radius 1 is 1.38 bits per heavy atom. The van der Waals surface area contributed by atoms with Crippen LogP contribution in [0, 0.1) is 5.92 Å². The Morgan fingerprint density at radius 2 is 2.19 bits per heavy atom. The van der Waals surface area contributed by atoms with Crippen LogP contribution in [0.5, 0.6) is 0 Å². The summed E-state index contributed by atoms with van der Waals surface area (Å²) in [5.41, 5.74) is 1.42. The maximum absolute atomic E-state index is 3.73. The number of aryl methyl sites for hydroxylation is 1. The fraction of sp³-hybridized carbons (Fsp3) is 0.714. The Balaban J connectivity index is 1.86. The van der Waals surface area contributed by atoms with Crippen LogP contribution >= 0.6 is 0 Å². The molecule has 1 N–H and O–H groups in total. The van der Waals surface area contributed by atoms with Gasteiger partial charge in [-0.2, -0.15) is 0 Å². The Labute approximate surface area is 99.0 Å². The number of rotatable bonds is 4. The molecule has 0 radical (unpaired) electrons. The Hall–Kier alpha value is -0.760. The molecule has 0 saturated heterocycles. The van der Waals surface area contributed by atoms with E-state index in [2.05, 4.69) is 42.1 Å². The van der Waals surface area contributed by atoms with Gasteiger partial charge in [-0.25, -0.2) is 0 Å². The van der Waals surface area contributed by atoms with Crippen LogP contribution in [0.15, 0.2) is 18.3 Å². The first-order valence-corrected chi connectivity index (χ1v) is 6.68. The smallest absolute Gasteiger partial charge is 0.0361 e. The molecule has 1 aromatic rings. The van der Waals surface area contributed by atoms with Crippen molar-refractivity contribution in [1.29, 1.82) is 0 Å². The molecule has 1 aliphatic carbocycles. The highest BCUT2D eigenvalue weighted by Gasteiger charge is 2.20. The summed E-state index contributed by atoms with van der Waals surface area (Å²) in [6.45, 7) is 6.68. The summed E-state index contributed by atoms with van der Waals surface area (Å²) in [4.78, 5) is 0. The minimum absolute atomic E-state index is 0.731. The number of hydrogen-bond acceptors (Lipinski definition) is 1. The van der Waals surface area contributed by atoms with Crippen LogP contribution in [0.25, 0.3) is 0 Å². The highest BCUT2D eigenvalue weighted by atomic mass is 15.0. The minimum atomic E-state index is 0.731. The fourth-order valence-corrected chi connectivity index (χ4v) is 2.77. The predicted octanol–water partition coefficient (Wildman–Crippen LogP) is 3.18. The minimum Gasteiger partial charge on any atom is -0.351 e. The van der Waals surface area contributed by atoms with Gasteiger partial charge in [-0.15, -0.1) is 0 Å². The van der Waals surface area contributed by atoms with Crippen molar-refractivity contribution in [2.45, 2.75) is 58.7 Å². The molecule has 0 aliphatic heterocycles. The molecule has 0 amide bonds. The SMILES string of the molecule is CCn1cccc1CNC1CCCCC1C. The van der Waals surface area contributed by atoms with Gasteiger partial charge >= 0.3 is 0 Å². The van der Waals surface area contributed by atoms with Crippen LogP contribution in [0.4, 0.5) is 0 Å². The first-order valence-electron chi connectivity index (χ1n) is 6.68. The predicted molar refractivity (Wildman–Crippen MR) is 68.4 cm³/mol.